The highest BCUT2D eigenvalue weighted by atomic mass is 19.4. The summed E-state index contributed by atoms with van der Waals surface area (Å²) in [5.74, 6) is -0.779. The molecular formula is C19H21F3N4O3. The second-order valence-corrected chi connectivity index (χ2v) is 6.80. The predicted molar refractivity (Wildman–Crippen MR) is 96.4 cm³/mol. The zero-order chi connectivity index (χ0) is 21.2. The standard InChI is InChI=1S/C19H21F3N4O3/c1-3-29-18(28)13-5-4-8-25(11-13)17(27)15-10-24-26(12(15)2)16-7-6-14(9-23-16)19(20,21)22/h6-7,9-10,13H,3-5,8,11H2,1-2H3. The van der Waals surface area contributed by atoms with Gasteiger partial charge >= 0.3 is 12.1 Å². The average Bonchev–Trinajstić information content (AvgIpc) is 3.08. The van der Waals surface area contributed by atoms with Crippen LogP contribution in [0.15, 0.2) is 24.5 Å². The van der Waals surface area contributed by atoms with E-state index >= 15 is 0 Å². The molecule has 7 nitrogen and oxygen atoms in total. The van der Waals surface area contributed by atoms with Gasteiger partial charge in [0.2, 0.25) is 0 Å². The monoisotopic (exact) mass is 410 g/mol. The second kappa shape index (κ2) is 8.22. The molecule has 0 aromatic carbocycles. The van der Waals surface area contributed by atoms with E-state index < -0.39 is 11.7 Å². The zero-order valence-corrected chi connectivity index (χ0v) is 16.1. The molecule has 3 heterocycles. The molecule has 2 aromatic heterocycles. The highest BCUT2D eigenvalue weighted by molar-refractivity contribution is 5.95. The fourth-order valence-electron chi connectivity index (χ4n) is 3.31. The molecule has 1 amide bonds. The predicted octanol–water partition coefficient (Wildman–Crippen LogP) is 3.01. The van der Waals surface area contributed by atoms with Crippen LogP contribution in [0.4, 0.5) is 13.2 Å². The summed E-state index contributed by atoms with van der Waals surface area (Å²) in [7, 11) is 0. The number of nitrogens with zero attached hydrogens (tertiary/aromatic N) is 4. The van der Waals surface area contributed by atoms with Gasteiger partial charge in [-0.05, 0) is 38.8 Å². The Bertz CT molecular complexity index is 893. The molecule has 0 radical (unpaired) electrons. The molecule has 0 aliphatic carbocycles. The van der Waals surface area contributed by atoms with Gasteiger partial charge in [-0.3, -0.25) is 9.59 Å². The molecule has 3 rings (SSSR count). The van der Waals surface area contributed by atoms with Gasteiger partial charge < -0.3 is 9.64 Å². The number of halogens is 3. The zero-order valence-electron chi connectivity index (χ0n) is 16.1. The van der Waals surface area contributed by atoms with Gasteiger partial charge in [-0.25, -0.2) is 9.67 Å². The molecular weight excluding hydrogens is 389 g/mol. The number of hydrogen-bond acceptors (Lipinski definition) is 5. The lowest BCUT2D eigenvalue weighted by Gasteiger charge is -2.31. The molecule has 2 aromatic rings. The van der Waals surface area contributed by atoms with Crippen molar-refractivity contribution in [1.29, 1.82) is 0 Å². The maximum atomic E-state index is 12.9. The lowest BCUT2D eigenvalue weighted by molar-refractivity contribution is -0.149. The van der Waals surface area contributed by atoms with Gasteiger partial charge in [0.1, 0.15) is 0 Å². The largest absolute Gasteiger partial charge is 0.466 e. The van der Waals surface area contributed by atoms with E-state index in [0.717, 1.165) is 12.3 Å². The van der Waals surface area contributed by atoms with Crippen LogP contribution in [-0.4, -0.2) is 51.2 Å². The Hall–Kier alpha value is -2.91. The molecule has 1 saturated heterocycles. The number of carbonyl (C=O) groups excluding carboxylic acids is 2. The summed E-state index contributed by atoms with van der Waals surface area (Å²) in [5, 5.41) is 4.11. The first-order valence-corrected chi connectivity index (χ1v) is 9.26. The van der Waals surface area contributed by atoms with Gasteiger partial charge in [-0.15, -0.1) is 0 Å². The number of likely N-dealkylation sites (tertiary alicyclic amines) is 1. The summed E-state index contributed by atoms with van der Waals surface area (Å²) < 4.78 is 44.5. The number of rotatable bonds is 4. The first-order valence-electron chi connectivity index (χ1n) is 9.26. The van der Waals surface area contributed by atoms with Gasteiger partial charge in [-0.2, -0.15) is 18.3 Å². The van der Waals surface area contributed by atoms with E-state index in [4.69, 9.17) is 4.74 Å². The third-order valence-corrected chi connectivity index (χ3v) is 4.86. The molecule has 1 fully saturated rings. The van der Waals surface area contributed by atoms with Gasteiger partial charge in [0, 0.05) is 19.3 Å². The third-order valence-electron chi connectivity index (χ3n) is 4.86. The van der Waals surface area contributed by atoms with E-state index in [1.54, 1.807) is 18.7 Å². The molecule has 10 heteroatoms. The van der Waals surface area contributed by atoms with Crippen molar-refractivity contribution in [3.63, 3.8) is 0 Å². The summed E-state index contributed by atoms with van der Waals surface area (Å²) in [4.78, 5) is 30.3. The Labute approximate surface area is 165 Å². The van der Waals surface area contributed by atoms with Gasteiger partial charge in [0.15, 0.2) is 5.82 Å². The van der Waals surface area contributed by atoms with Crippen LogP contribution < -0.4 is 0 Å². The smallest absolute Gasteiger partial charge is 0.417 e. The lowest BCUT2D eigenvalue weighted by atomic mass is 9.97. The van der Waals surface area contributed by atoms with Crippen molar-refractivity contribution in [2.45, 2.75) is 32.9 Å². The van der Waals surface area contributed by atoms with Crippen molar-refractivity contribution in [2.75, 3.05) is 19.7 Å². The van der Waals surface area contributed by atoms with Crippen LogP contribution in [0.3, 0.4) is 0 Å². The Morgan fingerprint density at radius 2 is 2.03 bits per heavy atom. The van der Waals surface area contributed by atoms with Crippen LogP contribution in [0.5, 0.6) is 0 Å². The van der Waals surface area contributed by atoms with E-state index in [1.165, 1.54) is 16.9 Å². The Balaban J connectivity index is 1.78. The number of pyridine rings is 1. The van der Waals surface area contributed by atoms with Gasteiger partial charge in [0.25, 0.3) is 5.91 Å². The highest BCUT2D eigenvalue weighted by Crippen LogP contribution is 2.29. The molecule has 0 saturated carbocycles. The topological polar surface area (TPSA) is 77.3 Å². The maximum Gasteiger partial charge on any atom is 0.417 e. The van der Waals surface area contributed by atoms with Crippen molar-refractivity contribution in [3.8, 4) is 5.82 Å². The SMILES string of the molecule is CCOC(=O)C1CCCN(C(=O)c2cnn(-c3ccc(C(F)(F)F)cn3)c2C)C1. The first kappa shape index (κ1) is 20.8. The Morgan fingerprint density at radius 3 is 2.66 bits per heavy atom. The minimum atomic E-state index is -4.48. The van der Waals surface area contributed by atoms with Crippen molar-refractivity contribution in [2.24, 2.45) is 5.92 Å². The van der Waals surface area contributed by atoms with E-state index in [-0.39, 0.29) is 36.8 Å². The maximum absolute atomic E-state index is 12.9. The molecule has 1 aliphatic heterocycles. The Morgan fingerprint density at radius 1 is 1.28 bits per heavy atom. The fourth-order valence-corrected chi connectivity index (χ4v) is 3.31. The van der Waals surface area contributed by atoms with Crippen LogP contribution in [0.25, 0.3) is 5.82 Å². The number of aromatic nitrogens is 3. The van der Waals surface area contributed by atoms with Crippen LogP contribution in [0, 0.1) is 12.8 Å². The minimum absolute atomic E-state index is 0.178. The van der Waals surface area contributed by atoms with Crippen LogP contribution >= 0.6 is 0 Å². The average molecular weight is 410 g/mol. The number of ether oxygens (including phenoxy) is 1. The molecule has 1 unspecified atom stereocenters. The van der Waals surface area contributed by atoms with Crippen molar-refractivity contribution in [3.05, 3.63) is 41.3 Å². The van der Waals surface area contributed by atoms with E-state index in [9.17, 15) is 22.8 Å². The molecule has 0 bridgehead atoms. The number of esters is 1. The molecule has 0 N–H and O–H groups in total. The van der Waals surface area contributed by atoms with E-state index in [0.29, 0.717) is 30.6 Å². The number of amides is 1. The lowest BCUT2D eigenvalue weighted by Crippen LogP contribution is -2.43. The van der Waals surface area contributed by atoms with E-state index in [2.05, 4.69) is 10.1 Å². The first-order chi connectivity index (χ1) is 13.7. The number of carbonyl (C=O) groups is 2. The molecule has 29 heavy (non-hydrogen) atoms. The number of piperidine rings is 1. The van der Waals surface area contributed by atoms with E-state index in [1.807, 2.05) is 0 Å². The van der Waals surface area contributed by atoms with Crippen LogP contribution in [0.2, 0.25) is 0 Å². The van der Waals surface area contributed by atoms with Crippen molar-refractivity contribution < 1.29 is 27.5 Å². The summed E-state index contributed by atoms with van der Waals surface area (Å²) in [6, 6.07) is 2.12. The Kier molecular flexibility index (Phi) is 5.90. The summed E-state index contributed by atoms with van der Waals surface area (Å²) in [6.07, 6.45) is -1.04. The number of alkyl halides is 3. The minimum Gasteiger partial charge on any atom is -0.466 e. The van der Waals surface area contributed by atoms with Gasteiger partial charge in [-0.1, -0.05) is 0 Å². The third kappa shape index (κ3) is 4.41. The molecule has 1 aliphatic rings. The van der Waals surface area contributed by atoms with Crippen LogP contribution in [0.1, 0.15) is 41.4 Å². The summed E-state index contributed by atoms with van der Waals surface area (Å²) >= 11 is 0. The second-order valence-electron chi connectivity index (χ2n) is 6.80. The fraction of sp³-hybridized carbons (Fsp3) is 0.474. The van der Waals surface area contributed by atoms with Crippen molar-refractivity contribution in [1.82, 2.24) is 19.7 Å². The molecule has 1 atom stereocenters. The van der Waals surface area contributed by atoms with Crippen LogP contribution in [-0.2, 0) is 15.7 Å². The molecule has 0 spiro atoms. The summed E-state index contributed by atoms with van der Waals surface area (Å²) in [5.41, 5.74) is -0.0857. The highest BCUT2D eigenvalue weighted by Gasteiger charge is 2.32. The van der Waals surface area contributed by atoms with Gasteiger partial charge in [0.05, 0.1) is 35.5 Å². The molecule has 156 valence electrons. The normalized spacial score (nSPS) is 17.3. The number of hydrogen-bond donors (Lipinski definition) is 0. The quantitative estimate of drug-likeness (QED) is 0.725. The van der Waals surface area contributed by atoms with Crippen molar-refractivity contribution >= 4 is 11.9 Å². The summed E-state index contributed by atoms with van der Waals surface area (Å²) in [6.45, 7) is 4.44.